The van der Waals surface area contributed by atoms with Gasteiger partial charge in [-0.15, -0.1) is 10.2 Å². The van der Waals surface area contributed by atoms with Crippen molar-refractivity contribution in [2.24, 2.45) is 0 Å². The van der Waals surface area contributed by atoms with Gasteiger partial charge in [0.05, 0.1) is 0 Å². The Morgan fingerprint density at radius 2 is 1.80 bits per heavy atom. The van der Waals surface area contributed by atoms with E-state index in [1.54, 1.807) is 0 Å². The van der Waals surface area contributed by atoms with E-state index >= 15 is 0 Å². The standard InChI is InChI=1S/C21H32N4/c1-15(2)21-23-22-18(5)25(21)17(4)13-20-12-11-16(3)24(20)14-19-9-7-6-8-10-19/h6-10,15-17,20H,11-14H2,1-5H3. The molecule has 3 unspecified atom stereocenters. The van der Waals surface area contributed by atoms with Gasteiger partial charge in [0.2, 0.25) is 0 Å². The van der Waals surface area contributed by atoms with Crippen LogP contribution in [-0.2, 0) is 6.54 Å². The maximum absolute atomic E-state index is 4.41. The highest BCUT2D eigenvalue weighted by Gasteiger charge is 2.32. The van der Waals surface area contributed by atoms with Gasteiger partial charge in [-0.2, -0.15) is 0 Å². The van der Waals surface area contributed by atoms with Crippen LogP contribution in [0.3, 0.4) is 0 Å². The van der Waals surface area contributed by atoms with Crippen molar-refractivity contribution >= 4 is 0 Å². The Morgan fingerprint density at radius 3 is 2.48 bits per heavy atom. The minimum Gasteiger partial charge on any atom is -0.312 e. The molecular weight excluding hydrogens is 308 g/mol. The van der Waals surface area contributed by atoms with Crippen molar-refractivity contribution < 1.29 is 0 Å². The number of hydrogen-bond donors (Lipinski definition) is 0. The van der Waals surface area contributed by atoms with Crippen LogP contribution in [0.25, 0.3) is 0 Å². The van der Waals surface area contributed by atoms with Crippen molar-refractivity contribution in [3.8, 4) is 0 Å². The van der Waals surface area contributed by atoms with Crippen LogP contribution in [0.15, 0.2) is 30.3 Å². The van der Waals surface area contributed by atoms with E-state index in [2.05, 4.69) is 84.6 Å². The third-order valence-electron chi connectivity index (χ3n) is 5.62. The third kappa shape index (κ3) is 3.95. The van der Waals surface area contributed by atoms with Gasteiger partial charge in [0, 0.05) is 30.6 Å². The maximum atomic E-state index is 4.41. The summed E-state index contributed by atoms with van der Waals surface area (Å²) in [6, 6.07) is 12.6. The van der Waals surface area contributed by atoms with E-state index in [0.29, 0.717) is 24.0 Å². The lowest BCUT2D eigenvalue weighted by atomic mass is 10.0. The molecule has 1 aliphatic heterocycles. The van der Waals surface area contributed by atoms with Crippen LogP contribution in [0.1, 0.15) is 76.1 Å². The van der Waals surface area contributed by atoms with Gasteiger partial charge in [0.25, 0.3) is 0 Å². The molecule has 1 saturated heterocycles. The molecule has 0 saturated carbocycles. The summed E-state index contributed by atoms with van der Waals surface area (Å²) in [4.78, 5) is 2.70. The van der Waals surface area contributed by atoms with Crippen LogP contribution < -0.4 is 0 Å². The fourth-order valence-electron chi connectivity index (χ4n) is 4.28. The zero-order valence-electron chi connectivity index (χ0n) is 16.3. The predicted octanol–water partition coefficient (Wildman–Crippen LogP) is 4.71. The lowest BCUT2D eigenvalue weighted by molar-refractivity contribution is 0.171. The van der Waals surface area contributed by atoms with Crippen molar-refractivity contribution in [2.45, 2.75) is 84.5 Å². The van der Waals surface area contributed by atoms with Gasteiger partial charge in [0.1, 0.15) is 11.6 Å². The molecular formula is C21H32N4. The quantitative estimate of drug-likeness (QED) is 0.763. The Balaban J connectivity index is 1.74. The number of likely N-dealkylation sites (tertiary alicyclic amines) is 1. The number of hydrogen-bond acceptors (Lipinski definition) is 3. The molecule has 1 aromatic heterocycles. The molecule has 0 spiro atoms. The number of aromatic nitrogens is 3. The Hall–Kier alpha value is -1.68. The zero-order valence-corrected chi connectivity index (χ0v) is 16.3. The second-order valence-corrected chi connectivity index (χ2v) is 7.95. The highest BCUT2D eigenvalue weighted by Crippen LogP contribution is 2.32. The second-order valence-electron chi connectivity index (χ2n) is 7.95. The molecule has 4 heteroatoms. The summed E-state index contributed by atoms with van der Waals surface area (Å²) in [5, 5.41) is 8.75. The molecule has 1 fully saturated rings. The highest BCUT2D eigenvalue weighted by atomic mass is 15.3. The van der Waals surface area contributed by atoms with Crippen LogP contribution in [0.5, 0.6) is 0 Å². The first-order valence-electron chi connectivity index (χ1n) is 9.68. The lowest BCUT2D eigenvalue weighted by Crippen LogP contribution is -2.35. The summed E-state index contributed by atoms with van der Waals surface area (Å²) in [5.74, 6) is 2.56. The third-order valence-corrected chi connectivity index (χ3v) is 5.62. The summed E-state index contributed by atoms with van der Waals surface area (Å²) in [6.07, 6.45) is 3.74. The molecule has 3 rings (SSSR count). The van der Waals surface area contributed by atoms with Crippen molar-refractivity contribution in [3.63, 3.8) is 0 Å². The van der Waals surface area contributed by atoms with Crippen LogP contribution in [-0.4, -0.2) is 31.7 Å². The van der Waals surface area contributed by atoms with Gasteiger partial charge in [-0.3, -0.25) is 4.90 Å². The molecule has 136 valence electrons. The lowest BCUT2D eigenvalue weighted by Gasteiger charge is -2.31. The van der Waals surface area contributed by atoms with E-state index in [1.807, 2.05) is 0 Å². The summed E-state index contributed by atoms with van der Waals surface area (Å²) < 4.78 is 2.36. The van der Waals surface area contributed by atoms with Crippen LogP contribution in [0, 0.1) is 6.92 Å². The normalized spacial score (nSPS) is 22.6. The van der Waals surface area contributed by atoms with Crippen molar-refractivity contribution in [3.05, 3.63) is 47.5 Å². The summed E-state index contributed by atoms with van der Waals surface area (Å²) in [5.41, 5.74) is 1.41. The number of benzene rings is 1. The predicted molar refractivity (Wildman–Crippen MR) is 103 cm³/mol. The molecule has 2 aromatic rings. The fraction of sp³-hybridized carbons (Fsp3) is 0.619. The first kappa shape index (κ1) is 18.1. The first-order valence-corrected chi connectivity index (χ1v) is 9.68. The molecule has 1 aliphatic rings. The van der Waals surface area contributed by atoms with Crippen LogP contribution >= 0.6 is 0 Å². The average molecular weight is 341 g/mol. The number of aryl methyl sites for hydroxylation is 1. The van der Waals surface area contributed by atoms with E-state index in [1.165, 1.54) is 18.4 Å². The summed E-state index contributed by atoms with van der Waals surface area (Å²) in [7, 11) is 0. The molecule has 2 heterocycles. The first-order chi connectivity index (χ1) is 12.0. The molecule has 4 nitrogen and oxygen atoms in total. The van der Waals surface area contributed by atoms with Crippen LogP contribution in [0.4, 0.5) is 0 Å². The van der Waals surface area contributed by atoms with E-state index in [4.69, 9.17) is 0 Å². The molecule has 1 aromatic carbocycles. The Bertz CT molecular complexity index is 676. The van der Waals surface area contributed by atoms with Crippen LogP contribution in [0.2, 0.25) is 0 Å². The molecule has 0 amide bonds. The molecule has 25 heavy (non-hydrogen) atoms. The summed E-state index contributed by atoms with van der Waals surface area (Å²) in [6.45, 7) is 12.2. The minimum atomic E-state index is 0.409. The SMILES string of the molecule is Cc1nnc(C(C)C)n1C(C)CC1CCC(C)N1Cc1ccccc1. The molecule has 0 bridgehead atoms. The van der Waals surface area contributed by atoms with Gasteiger partial charge in [-0.1, -0.05) is 44.2 Å². The van der Waals surface area contributed by atoms with E-state index in [-0.39, 0.29) is 0 Å². The fourth-order valence-corrected chi connectivity index (χ4v) is 4.28. The van der Waals surface area contributed by atoms with E-state index < -0.39 is 0 Å². The Kier molecular flexibility index (Phi) is 5.57. The van der Waals surface area contributed by atoms with Gasteiger partial charge in [-0.25, -0.2) is 0 Å². The summed E-state index contributed by atoms with van der Waals surface area (Å²) >= 11 is 0. The van der Waals surface area contributed by atoms with Gasteiger partial charge in [-0.05, 0) is 45.6 Å². The monoisotopic (exact) mass is 340 g/mol. The zero-order chi connectivity index (χ0) is 18.0. The largest absolute Gasteiger partial charge is 0.312 e. The number of rotatable bonds is 6. The van der Waals surface area contributed by atoms with Crippen molar-refractivity contribution in [1.82, 2.24) is 19.7 Å². The Morgan fingerprint density at radius 1 is 1.08 bits per heavy atom. The smallest absolute Gasteiger partial charge is 0.135 e. The van der Waals surface area contributed by atoms with E-state index in [0.717, 1.165) is 24.6 Å². The van der Waals surface area contributed by atoms with Gasteiger partial charge in [0.15, 0.2) is 0 Å². The highest BCUT2D eigenvalue weighted by molar-refractivity contribution is 5.15. The maximum Gasteiger partial charge on any atom is 0.135 e. The van der Waals surface area contributed by atoms with Crippen molar-refractivity contribution in [1.29, 1.82) is 0 Å². The van der Waals surface area contributed by atoms with E-state index in [9.17, 15) is 0 Å². The molecule has 0 N–H and O–H groups in total. The Labute approximate surface area is 152 Å². The van der Waals surface area contributed by atoms with Crippen molar-refractivity contribution in [2.75, 3.05) is 0 Å². The van der Waals surface area contributed by atoms with Gasteiger partial charge >= 0.3 is 0 Å². The second kappa shape index (κ2) is 7.69. The topological polar surface area (TPSA) is 34.0 Å². The number of nitrogens with zero attached hydrogens (tertiary/aromatic N) is 4. The average Bonchev–Trinajstić information content (AvgIpc) is 3.13. The van der Waals surface area contributed by atoms with Gasteiger partial charge < -0.3 is 4.57 Å². The minimum absolute atomic E-state index is 0.409. The molecule has 0 aliphatic carbocycles. The molecule has 3 atom stereocenters. The molecule has 0 radical (unpaired) electrons.